The van der Waals surface area contributed by atoms with E-state index in [0.717, 1.165) is 17.8 Å². The van der Waals surface area contributed by atoms with Gasteiger partial charge in [-0.3, -0.25) is 10.1 Å². The van der Waals surface area contributed by atoms with Gasteiger partial charge in [0.05, 0.1) is 17.0 Å². The fourth-order valence-corrected chi connectivity index (χ4v) is 4.73. The number of carbonyl (C=O) groups excluding carboxylic acids is 1. The van der Waals surface area contributed by atoms with Crippen LogP contribution in [0.1, 0.15) is 65.6 Å². The minimum Gasteiger partial charge on any atom is -0.300 e. The Morgan fingerprint density at radius 2 is 1.97 bits per heavy atom. The van der Waals surface area contributed by atoms with Crippen molar-refractivity contribution in [3.63, 3.8) is 0 Å². The van der Waals surface area contributed by atoms with Crippen LogP contribution in [0.3, 0.4) is 0 Å². The van der Waals surface area contributed by atoms with Crippen molar-refractivity contribution < 1.29 is 13.6 Å². The Kier molecular flexibility index (Phi) is 5.01. The number of hydrogen-bond acceptors (Lipinski definition) is 6. The number of hydrogen-bond donors (Lipinski definition) is 1. The van der Waals surface area contributed by atoms with Crippen LogP contribution in [0.5, 0.6) is 0 Å². The highest BCUT2D eigenvalue weighted by molar-refractivity contribution is 7.15. The number of nitrogens with one attached hydrogen (secondary N) is 1. The lowest BCUT2D eigenvalue weighted by molar-refractivity contribution is -0.118. The molecule has 2 atom stereocenters. The Labute approximate surface area is 170 Å². The Morgan fingerprint density at radius 3 is 2.59 bits per heavy atom. The van der Waals surface area contributed by atoms with Crippen LogP contribution < -0.4 is 5.32 Å². The summed E-state index contributed by atoms with van der Waals surface area (Å²) >= 11 is 1.30. The van der Waals surface area contributed by atoms with Crippen LogP contribution in [-0.4, -0.2) is 22.0 Å². The van der Waals surface area contributed by atoms with E-state index in [4.69, 9.17) is 5.26 Å². The number of halogens is 2. The molecule has 9 heteroatoms. The molecule has 1 heterocycles. The third-order valence-corrected chi connectivity index (χ3v) is 6.44. The number of alkyl halides is 2. The summed E-state index contributed by atoms with van der Waals surface area (Å²) in [6.45, 7) is 0. The Hall–Kier alpha value is -2.91. The van der Waals surface area contributed by atoms with E-state index in [-0.39, 0.29) is 24.0 Å². The number of amides is 1. The number of benzene rings is 1. The van der Waals surface area contributed by atoms with Gasteiger partial charge in [-0.1, -0.05) is 17.4 Å². The van der Waals surface area contributed by atoms with Crippen LogP contribution in [0, 0.1) is 28.6 Å². The molecule has 2 aromatic rings. The molecule has 1 N–H and O–H groups in total. The van der Waals surface area contributed by atoms with Crippen LogP contribution in [0.2, 0.25) is 0 Å². The van der Waals surface area contributed by atoms with Gasteiger partial charge in [0.15, 0.2) is 0 Å². The molecule has 0 saturated heterocycles. The maximum absolute atomic E-state index is 13.9. The van der Waals surface area contributed by atoms with Gasteiger partial charge in [-0.25, -0.2) is 8.78 Å². The molecule has 0 spiro atoms. The highest BCUT2D eigenvalue weighted by atomic mass is 32.1. The van der Waals surface area contributed by atoms with E-state index in [0.29, 0.717) is 16.6 Å². The summed E-state index contributed by atoms with van der Waals surface area (Å²) in [5, 5.41) is 30.5. The number of aromatic nitrogens is 2. The van der Waals surface area contributed by atoms with Crippen molar-refractivity contribution in [1.29, 1.82) is 10.5 Å². The minimum absolute atomic E-state index is 0.125. The molecule has 148 valence electrons. The van der Waals surface area contributed by atoms with E-state index in [2.05, 4.69) is 15.5 Å². The SMILES string of the molecule is N#Cc1ccc([C@H](C(=O)Nc2nnc(C3CC3)s2)[C@@H]2CCC(F)(F)C2)cc1C#N. The molecule has 2 saturated carbocycles. The lowest BCUT2D eigenvalue weighted by Gasteiger charge is -2.23. The number of anilines is 1. The summed E-state index contributed by atoms with van der Waals surface area (Å²) in [5.41, 5.74) is 0.762. The summed E-state index contributed by atoms with van der Waals surface area (Å²) in [7, 11) is 0. The largest absolute Gasteiger partial charge is 0.300 e. The van der Waals surface area contributed by atoms with Crippen molar-refractivity contribution in [3.05, 3.63) is 39.9 Å². The Morgan fingerprint density at radius 1 is 1.21 bits per heavy atom. The predicted molar refractivity (Wildman–Crippen MR) is 101 cm³/mol. The highest BCUT2D eigenvalue weighted by Gasteiger charge is 2.45. The van der Waals surface area contributed by atoms with Crippen molar-refractivity contribution in [2.45, 2.75) is 49.9 Å². The number of nitriles is 2. The molecule has 2 aliphatic rings. The molecule has 1 aromatic carbocycles. The van der Waals surface area contributed by atoms with E-state index in [9.17, 15) is 18.8 Å². The second-order valence-electron chi connectivity index (χ2n) is 7.57. The van der Waals surface area contributed by atoms with Crippen LogP contribution >= 0.6 is 11.3 Å². The molecule has 6 nitrogen and oxygen atoms in total. The standard InChI is InChI=1S/C20H17F2N5OS/c21-20(22)6-5-13(8-20)16(12-3-4-14(9-23)15(7-12)10-24)17(28)25-19-27-26-18(29-19)11-1-2-11/h3-4,7,11,13,16H,1-2,5-6,8H2,(H,25,27,28)/t13-,16+/m1/s1. The van der Waals surface area contributed by atoms with Crippen molar-refractivity contribution >= 4 is 22.4 Å². The number of carbonyl (C=O) groups is 1. The van der Waals surface area contributed by atoms with Crippen molar-refractivity contribution in [1.82, 2.24) is 10.2 Å². The van der Waals surface area contributed by atoms with Gasteiger partial charge in [-0.05, 0) is 42.9 Å². The van der Waals surface area contributed by atoms with E-state index in [1.165, 1.54) is 23.5 Å². The molecule has 0 bridgehead atoms. The normalized spacial score (nSPS) is 21.2. The molecule has 1 aromatic heterocycles. The van der Waals surface area contributed by atoms with Gasteiger partial charge in [0, 0.05) is 18.8 Å². The van der Waals surface area contributed by atoms with Crippen LogP contribution in [0.15, 0.2) is 18.2 Å². The monoisotopic (exact) mass is 413 g/mol. The molecule has 4 rings (SSSR count). The molecule has 0 unspecified atom stereocenters. The minimum atomic E-state index is -2.81. The zero-order valence-electron chi connectivity index (χ0n) is 15.4. The van der Waals surface area contributed by atoms with Crippen molar-refractivity contribution in [3.8, 4) is 12.1 Å². The first-order valence-electron chi connectivity index (χ1n) is 9.36. The quantitative estimate of drug-likeness (QED) is 0.786. The smallest absolute Gasteiger partial charge is 0.248 e. The maximum atomic E-state index is 13.9. The lowest BCUT2D eigenvalue weighted by atomic mass is 9.83. The highest BCUT2D eigenvalue weighted by Crippen LogP contribution is 2.46. The summed E-state index contributed by atoms with van der Waals surface area (Å²) in [4.78, 5) is 13.1. The first kappa shape index (κ1) is 19.4. The van der Waals surface area contributed by atoms with Gasteiger partial charge in [-0.2, -0.15) is 10.5 Å². The third kappa shape index (κ3) is 4.10. The lowest BCUT2D eigenvalue weighted by Crippen LogP contribution is -2.27. The third-order valence-electron chi connectivity index (χ3n) is 5.44. The Bertz CT molecular complexity index is 1030. The Balaban J connectivity index is 1.63. The van der Waals surface area contributed by atoms with E-state index < -0.39 is 30.1 Å². The second-order valence-corrected chi connectivity index (χ2v) is 8.58. The van der Waals surface area contributed by atoms with Crippen molar-refractivity contribution in [2.75, 3.05) is 5.32 Å². The van der Waals surface area contributed by atoms with Gasteiger partial charge in [-0.15, -0.1) is 10.2 Å². The molecular weight excluding hydrogens is 396 g/mol. The number of nitrogens with zero attached hydrogens (tertiary/aromatic N) is 4. The summed E-state index contributed by atoms with van der Waals surface area (Å²) < 4.78 is 27.8. The first-order valence-corrected chi connectivity index (χ1v) is 10.2. The summed E-state index contributed by atoms with van der Waals surface area (Å²) in [5.74, 6) is -4.29. The van der Waals surface area contributed by atoms with Crippen molar-refractivity contribution in [2.24, 2.45) is 5.92 Å². The molecule has 2 aliphatic carbocycles. The molecule has 29 heavy (non-hydrogen) atoms. The molecule has 0 radical (unpaired) electrons. The van der Waals surface area contributed by atoms with Gasteiger partial charge in [0.25, 0.3) is 0 Å². The van der Waals surface area contributed by atoms with Gasteiger partial charge < -0.3 is 0 Å². The molecule has 2 fully saturated rings. The van der Waals surface area contributed by atoms with E-state index >= 15 is 0 Å². The molecule has 1 amide bonds. The van der Waals surface area contributed by atoms with Crippen LogP contribution in [-0.2, 0) is 4.79 Å². The van der Waals surface area contributed by atoms with Crippen LogP contribution in [0.4, 0.5) is 13.9 Å². The number of rotatable bonds is 5. The average Bonchev–Trinajstić information content (AvgIpc) is 3.35. The van der Waals surface area contributed by atoms with E-state index in [1.807, 2.05) is 12.1 Å². The predicted octanol–water partition coefficient (Wildman–Crippen LogP) is 4.32. The topological polar surface area (TPSA) is 102 Å². The van der Waals surface area contributed by atoms with Gasteiger partial charge in [0.1, 0.15) is 17.1 Å². The van der Waals surface area contributed by atoms with Gasteiger partial charge >= 0.3 is 0 Å². The average molecular weight is 413 g/mol. The zero-order valence-corrected chi connectivity index (χ0v) is 16.2. The first-order chi connectivity index (χ1) is 13.9. The fourth-order valence-electron chi connectivity index (χ4n) is 3.82. The summed E-state index contributed by atoms with van der Waals surface area (Å²) in [6, 6.07) is 8.34. The second kappa shape index (κ2) is 7.49. The maximum Gasteiger partial charge on any atom is 0.248 e. The fraction of sp³-hybridized carbons (Fsp3) is 0.450. The van der Waals surface area contributed by atoms with Gasteiger partial charge in [0.2, 0.25) is 17.0 Å². The summed E-state index contributed by atoms with van der Waals surface area (Å²) in [6.07, 6.45) is 1.66. The van der Waals surface area contributed by atoms with Crippen LogP contribution in [0.25, 0.3) is 0 Å². The zero-order chi connectivity index (χ0) is 20.6. The molecule has 0 aliphatic heterocycles. The van der Waals surface area contributed by atoms with E-state index in [1.54, 1.807) is 6.07 Å². The molecular formula is C20H17F2N5OS.